The summed E-state index contributed by atoms with van der Waals surface area (Å²) in [5, 5.41) is 13.6. The van der Waals surface area contributed by atoms with Crippen molar-refractivity contribution in [1.29, 1.82) is 0 Å². The minimum atomic E-state index is 0.00763. The van der Waals surface area contributed by atoms with Gasteiger partial charge < -0.3 is 15.0 Å². The molecule has 2 aromatic rings. The lowest BCUT2D eigenvalue weighted by Crippen LogP contribution is -2.43. The average molecular weight is 392 g/mol. The normalized spacial score (nSPS) is 17.3. The van der Waals surface area contributed by atoms with Gasteiger partial charge in [-0.1, -0.05) is 11.3 Å². The van der Waals surface area contributed by atoms with Gasteiger partial charge >= 0.3 is 0 Å². The van der Waals surface area contributed by atoms with Crippen molar-refractivity contribution in [1.82, 2.24) is 20.1 Å². The molecule has 8 heteroatoms. The molecular formula is C19H29N5O2S. The first-order valence-corrected chi connectivity index (χ1v) is 10.5. The SMILES string of the molecule is CCOCCCNC(=O)C1CCCN(c2nnc(-n3c(C)ccc3C)s2)C1. The van der Waals surface area contributed by atoms with Gasteiger partial charge in [-0.15, -0.1) is 10.2 Å². The van der Waals surface area contributed by atoms with Crippen molar-refractivity contribution in [3.05, 3.63) is 23.5 Å². The number of nitrogens with zero attached hydrogens (tertiary/aromatic N) is 4. The zero-order valence-corrected chi connectivity index (χ0v) is 17.2. The number of rotatable bonds is 8. The molecule has 1 saturated heterocycles. The predicted molar refractivity (Wildman–Crippen MR) is 108 cm³/mol. The second-order valence-electron chi connectivity index (χ2n) is 6.95. The minimum absolute atomic E-state index is 0.00763. The molecular weight excluding hydrogens is 362 g/mol. The van der Waals surface area contributed by atoms with Crippen molar-refractivity contribution in [2.45, 2.75) is 40.0 Å². The summed E-state index contributed by atoms with van der Waals surface area (Å²) in [6.45, 7) is 9.83. The monoisotopic (exact) mass is 391 g/mol. The Labute approximate surface area is 164 Å². The fraction of sp³-hybridized carbons (Fsp3) is 0.632. The summed E-state index contributed by atoms with van der Waals surface area (Å²) in [5.41, 5.74) is 2.30. The van der Waals surface area contributed by atoms with E-state index in [-0.39, 0.29) is 11.8 Å². The summed E-state index contributed by atoms with van der Waals surface area (Å²) in [6.07, 6.45) is 2.77. The van der Waals surface area contributed by atoms with Crippen molar-refractivity contribution >= 4 is 22.4 Å². The zero-order chi connectivity index (χ0) is 19.2. The molecule has 0 bridgehead atoms. The first kappa shape index (κ1) is 19.8. The van der Waals surface area contributed by atoms with Gasteiger partial charge in [0, 0.05) is 44.2 Å². The predicted octanol–water partition coefficient (Wildman–Crippen LogP) is 2.70. The second kappa shape index (κ2) is 9.32. The Hall–Kier alpha value is -1.93. The van der Waals surface area contributed by atoms with E-state index in [1.165, 1.54) is 0 Å². The highest BCUT2D eigenvalue weighted by molar-refractivity contribution is 7.17. The van der Waals surface area contributed by atoms with Crippen LogP contribution < -0.4 is 10.2 Å². The lowest BCUT2D eigenvalue weighted by Gasteiger charge is -2.31. The summed E-state index contributed by atoms with van der Waals surface area (Å²) in [5.74, 6) is 0.145. The number of amides is 1. The first-order valence-electron chi connectivity index (χ1n) is 9.69. The highest BCUT2D eigenvalue weighted by Crippen LogP contribution is 2.29. The lowest BCUT2D eigenvalue weighted by atomic mass is 9.97. The molecule has 0 radical (unpaired) electrons. The third-order valence-electron chi connectivity index (χ3n) is 4.90. The van der Waals surface area contributed by atoms with Gasteiger partial charge in [0.05, 0.1) is 5.92 Å². The summed E-state index contributed by atoms with van der Waals surface area (Å²) in [4.78, 5) is 14.7. The summed E-state index contributed by atoms with van der Waals surface area (Å²) >= 11 is 1.58. The van der Waals surface area contributed by atoms with Gasteiger partial charge in [-0.3, -0.25) is 9.36 Å². The first-order chi connectivity index (χ1) is 13.1. The van der Waals surface area contributed by atoms with Crippen molar-refractivity contribution < 1.29 is 9.53 Å². The van der Waals surface area contributed by atoms with Crippen molar-refractivity contribution in [3.63, 3.8) is 0 Å². The third kappa shape index (κ3) is 4.87. The third-order valence-corrected chi connectivity index (χ3v) is 5.87. The minimum Gasteiger partial charge on any atom is -0.382 e. The molecule has 0 aliphatic carbocycles. The molecule has 1 aliphatic rings. The van der Waals surface area contributed by atoms with Crippen LogP contribution in [-0.2, 0) is 9.53 Å². The number of hydrogen-bond acceptors (Lipinski definition) is 6. The highest BCUT2D eigenvalue weighted by atomic mass is 32.1. The van der Waals surface area contributed by atoms with Crippen LogP contribution >= 0.6 is 11.3 Å². The van der Waals surface area contributed by atoms with Crippen LogP contribution in [0.15, 0.2) is 12.1 Å². The Bertz CT molecular complexity index is 738. The van der Waals surface area contributed by atoms with Gasteiger partial charge in [-0.2, -0.15) is 0 Å². The fourth-order valence-electron chi connectivity index (χ4n) is 3.44. The smallest absolute Gasteiger partial charge is 0.224 e. The van der Waals surface area contributed by atoms with Crippen LogP contribution in [0.1, 0.15) is 37.6 Å². The molecule has 1 unspecified atom stereocenters. The number of nitrogens with one attached hydrogen (secondary N) is 1. The lowest BCUT2D eigenvalue weighted by molar-refractivity contribution is -0.125. The number of anilines is 1. The standard InChI is InChI=1S/C19H29N5O2S/c1-4-26-12-6-10-20-17(25)16-7-5-11-23(13-16)18-21-22-19(27-18)24-14(2)8-9-15(24)3/h8-9,16H,4-7,10-13H2,1-3H3,(H,20,25). The van der Waals surface area contributed by atoms with Gasteiger partial charge in [0.15, 0.2) is 0 Å². The van der Waals surface area contributed by atoms with Gasteiger partial charge in [0.25, 0.3) is 0 Å². The van der Waals surface area contributed by atoms with Gasteiger partial charge in [-0.05, 0) is 52.2 Å². The summed E-state index contributed by atoms with van der Waals surface area (Å²) in [6, 6.07) is 4.17. The number of hydrogen-bond donors (Lipinski definition) is 1. The van der Waals surface area contributed by atoms with Crippen LogP contribution in [0.4, 0.5) is 5.13 Å². The zero-order valence-electron chi connectivity index (χ0n) is 16.4. The Kier molecular flexibility index (Phi) is 6.84. The quantitative estimate of drug-likeness (QED) is 0.701. The van der Waals surface area contributed by atoms with Crippen LogP contribution in [0.5, 0.6) is 0 Å². The van der Waals surface area contributed by atoms with Crippen molar-refractivity contribution in [2.75, 3.05) is 37.7 Å². The Morgan fingerprint density at radius 2 is 2.04 bits per heavy atom. The Morgan fingerprint density at radius 1 is 1.30 bits per heavy atom. The molecule has 1 fully saturated rings. The van der Waals surface area contributed by atoms with Gasteiger partial charge in [-0.25, -0.2) is 0 Å². The molecule has 1 atom stereocenters. The van der Waals surface area contributed by atoms with Crippen LogP contribution in [0.3, 0.4) is 0 Å². The Morgan fingerprint density at radius 3 is 2.78 bits per heavy atom. The molecule has 3 rings (SSSR count). The summed E-state index contributed by atoms with van der Waals surface area (Å²) in [7, 11) is 0. The fourth-order valence-corrected chi connectivity index (χ4v) is 4.44. The van der Waals surface area contributed by atoms with E-state index in [0.29, 0.717) is 19.7 Å². The molecule has 3 heterocycles. The highest BCUT2D eigenvalue weighted by Gasteiger charge is 2.27. The number of ether oxygens (including phenoxy) is 1. The number of aryl methyl sites for hydroxylation is 2. The van der Waals surface area contributed by atoms with Crippen molar-refractivity contribution in [2.24, 2.45) is 5.92 Å². The van der Waals surface area contributed by atoms with E-state index in [1.54, 1.807) is 11.3 Å². The van der Waals surface area contributed by atoms with Gasteiger partial charge in [0.1, 0.15) is 0 Å². The van der Waals surface area contributed by atoms with Crippen LogP contribution in [0, 0.1) is 19.8 Å². The molecule has 0 aromatic carbocycles. The van der Waals surface area contributed by atoms with E-state index in [1.807, 2.05) is 6.92 Å². The average Bonchev–Trinajstić information content (AvgIpc) is 3.28. The molecule has 27 heavy (non-hydrogen) atoms. The maximum atomic E-state index is 12.5. The maximum absolute atomic E-state index is 12.5. The molecule has 1 N–H and O–H groups in total. The Balaban J connectivity index is 1.57. The molecule has 1 aliphatic heterocycles. The van der Waals surface area contributed by atoms with Crippen molar-refractivity contribution in [3.8, 4) is 5.13 Å². The topological polar surface area (TPSA) is 72.3 Å². The van der Waals surface area contributed by atoms with E-state index < -0.39 is 0 Å². The van der Waals surface area contributed by atoms with E-state index >= 15 is 0 Å². The maximum Gasteiger partial charge on any atom is 0.224 e. The van der Waals surface area contributed by atoms with E-state index in [9.17, 15) is 4.79 Å². The van der Waals surface area contributed by atoms with Crippen LogP contribution in [-0.4, -0.2) is 53.5 Å². The van der Waals surface area contributed by atoms with Crippen LogP contribution in [0.2, 0.25) is 0 Å². The van der Waals surface area contributed by atoms with Crippen LogP contribution in [0.25, 0.3) is 5.13 Å². The second-order valence-corrected chi connectivity index (χ2v) is 7.88. The molecule has 7 nitrogen and oxygen atoms in total. The molecule has 148 valence electrons. The number of carbonyl (C=O) groups is 1. The molecule has 0 saturated carbocycles. The number of aromatic nitrogens is 3. The van der Waals surface area contributed by atoms with E-state index in [2.05, 4.69) is 51.0 Å². The van der Waals surface area contributed by atoms with E-state index in [0.717, 1.165) is 54.1 Å². The molecule has 1 amide bonds. The van der Waals surface area contributed by atoms with E-state index in [4.69, 9.17) is 4.74 Å². The summed E-state index contributed by atoms with van der Waals surface area (Å²) < 4.78 is 7.43. The number of piperidine rings is 1. The number of carbonyl (C=O) groups excluding carboxylic acids is 1. The molecule has 0 spiro atoms. The largest absolute Gasteiger partial charge is 0.382 e. The van der Waals surface area contributed by atoms with Gasteiger partial charge in [0.2, 0.25) is 16.2 Å². The molecule has 2 aromatic heterocycles.